The van der Waals surface area contributed by atoms with Crippen molar-refractivity contribution in [3.05, 3.63) is 17.0 Å². The highest BCUT2D eigenvalue weighted by atomic mass is 16.2. The van der Waals surface area contributed by atoms with Crippen molar-refractivity contribution in [1.82, 2.24) is 24.9 Å². The summed E-state index contributed by atoms with van der Waals surface area (Å²) < 4.78 is 1.91. The number of rotatable bonds is 4. The van der Waals surface area contributed by atoms with Gasteiger partial charge in [-0.2, -0.15) is 5.10 Å². The van der Waals surface area contributed by atoms with E-state index < -0.39 is 0 Å². The molecule has 1 fully saturated rings. The van der Waals surface area contributed by atoms with E-state index in [-0.39, 0.29) is 11.8 Å². The number of guanidine groups is 1. The highest BCUT2D eigenvalue weighted by Gasteiger charge is 2.24. The molecule has 2 rings (SSSR count). The quantitative estimate of drug-likeness (QED) is 0.658. The monoisotopic (exact) mass is 348 g/mol. The minimum absolute atomic E-state index is 0.0602. The first-order chi connectivity index (χ1) is 11.8. The van der Waals surface area contributed by atoms with Gasteiger partial charge in [-0.3, -0.25) is 9.48 Å². The van der Waals surface area contributed by atoms with Crippen molar-refractivity contribution in [1.29, 1.82) is 0 Å². The maximum absolute atomic E-state index is 12.1. The Bertz CT molecular complexity index is 626. The number of aliphatic imine (C=N–C) groups is 1. The maximum Gasteiger partial charge on any atom is 0.225 e. The minimum Gasteiger partial charge on any atom is -0.357 e. The molecule has 1 aliphatic rings. The molecule has 0 unspecified atom stereocenters. The molecule has 1 aliphatic heterocycles. The lowest BCUT2D eigenvalue weighted by molar-refractivity contribution is -0.135. The largest absolute Gasteiger partial charge is 0.357 e. The van der Waals surface area contributed by atoms with E-state index in [9.17, 15) is 4.79 Å². The Morgan fingerprint density at radius 1 is 1.20 bits per heavy atom. The number of nitrogens with one attached hydrogen (secondary N) is 1. The molecule has 1 amide bonds. The van der Waals surface area contributed by atoms with Crippen LogP contribution in [-0.4, -0.2) is 64.2 Å². The number of aromatic nitrogens is 2. The highest BCUT2D eigenvalue weighted by Crippen LogP contribution is 2.14. The SMILES string of the molecule is CCNC(=NCc1c(C)nn(C)c1C)N1CCN(C(=O)C(C)C)CC1. The number of amides is 1. The van der Waals surface area contributed by atoms with Crippen LogP contribution in [0.3, 0.4) is 0 Å². The van der Waals surface area contributed by atoms with E-state index in [0.717, 1.165) is 50.1 Å². The zero-order chi connectivity index (χ0) is 18.6. The summed E-state index contributed by atoms with van der Waals surface area (Å²) in [6.07, 6.45) is 0. The molecule has 0 spiro atoms. The molecule has 1 N–H and O–H groups in total. The van der Waals surface area contributed by atoms with Gasteiger partial charge >= 0.3 is 0 Å². The van der Waals surface area contributed by atoms with Crippen LogP contribution < -0.4 is 5.32 Å². The number of carbonyl (C=O) groups excluding carboxylic acids is 1. The number of piperazine rings is 1. The van der Waals surface area contributed by atoms with Crippen LogP contribution in [-0.2, 0) is 18.4 Å². The predicted octanol–water partition coefficient (Wildman–Crippen LogP) is 1.30. The van der Waals surface area contributed by atoms with Crippen molar-refractivity contribution in [3.8, 4) is 0 Å². The van der Waals surface area contributed by atoms with Gasteiger partial charge in [-0.25, -0.2) is 4.99 Å². The number of nitrogens with zero attached hydrogens (tertiary/aromatic N) is 5. The van der Waals surface area contributed by atoms with Gasteiger partial charge in [0.2, 0.25) is 5.91 Å². The van der Waals surface area contributed by atoms with Crippen molar-refractivity contribution in [2.45, 2.75) is 41.2 Å². The first-order valence-electron chi connectivity index (χ1n) is 9.16. The van der Waals surface area contributed by atoms with E-state index >= 15 is 0 Å². The minimum atomic E-state index is 0.0602. The number of carbonyl (C=O) groups is 1. The Kier molecular flexibility index (Phi) is 6.45. The molecular weight excluding hydrogens is 316 g/mol. The number of hydrogen-bond acceptors (Lipinski definition) is 3. The summed E-state index contributed by atoms with van der Waals surface area (Å²) in [6, 6.07) is 0. The summed E-state index contributed by atoms with van der Waals surface area (Å²) in [4.78, 5) is 21.2. The Morgan fingerprint density at radius 2 is 1.80 bits per heavy atom. The van der Waals surface area contributed by atoms with Gasteiger partial charge in [-0.05, 0) is 20.8 Å². The fraction of sp³-hybridized carbons (Fsp3) is 0.722. The molecule has 0 atom stereocenters. The molecule has 0 radical (unpaired) electrons. The Morgan fingerprint density at radius 3 is 2.28 bits per heavy atom. The van der Waals surface area contributed by atoms with Crippen molar-refractivity contribution in [3.63, 3.8) is 0 Å². The molecule has 1 aromatic heterocycles. The Hall–Kier alpha value is -2.05. The van der Waals surface area contributed by atoms with E-state index in [1.807, 2.05) is 37.4 Å². The van der Waals surface area contributed by atoms with Crippen molar-refractivity contribution < 1.29 is 4.79 Å². The normalized spacial score (nSPS) is 15.9. The van der Waals surface area contributed by atoms with Gasteiger partial charge in [-0.15, -0.1) is 0 Å². The van der Waals surface area contributed by atoms with E-state index in [1.165, 1.54) is 5.56 Å². The fourth-order valence-electron chi connectivity index (χ4n) is 3.13. The van der Waals surface area contributed by atoms with Crippen LogP contribution in [0.25, 0.3) is 0 Å². The van der Waals surface area contributed by atoms with Crippen LogP contribution in [0.4, 0.5) is 0 Å². The Balaban J connectivity index is 2.05. The molecule has 7 heteroatoms. The molecular formula is C18H32N6O. The third-order valence-electron chi connectivity index (χ3n) is 4.77. The van der Waals surface area contributed by atoms with Crippen LogP contribution >= 0.6 is 0 Å². The summed E-state index contributed by atoms with van der Waals surface area (Å²) in [5, 5.41) is 7.84. The van der Waals surface area contributed by atoms with Crippen molar-refractivity contribution >= 4 is 11.9 Å². The van der Waals surface area contributed by atoms with E-state index in [2.05, 4.69) is 29.2 Å². The summed E-state index contributed by atoms with van der Waals surface area (Å²) in [7, 11) is 1.96. The van der Waals surface area contributed by atoms with Gasteiger partial charge in [-0.1, -0.05) is 13.8 Å². The molecule has 0 aliphatic carbocycles. The third kappa shape index (κ3) is 4.52. The molecule has 2 heterocycles. The molecule has 0 bridgehead atoms. The van der Waals surface area contributed by atoms with E-state index in [0.29, 0.717) is 6.54 Å². The van der Waals surface area contributed by atoms with Gasteiger partial charge in [0.1, 0.15) is 0 Å². The lowest BCUT2D eigenvalue weighted by Gasteiger charge is -2.37. The topological polar surface area (TPSA) is 65.8 Å². The lowest BCUT2D eigenvalue weighted by Crippen LogP contribution is -2.54. The molecule has 0 saturated carbocycles. The summed E-state index contributed by atoms with van der Waals surface area (Å²) in [5.41, 5.74) is 3.38. The number of hydrogen-bond donors (Lipinski definition) is 1. The fourth-order valence-corrected chi connectivity index (χ4v) is 3.13. The Labute approximate surface area is 151 Å². The van der Waals surface area contributed by atoms with Gasteiger partial charge in [0, 0.05) is 56.9 Å². The van der Waals surface area contributed by atoms with Crippen LogP contribution in [0.2, 0.25) is 0 Å². The average molecular weight is 348 g/mol. The molecule has 25 heavy (non-hydrogen) atoms. The van der Waals surface area contributed by atoms with Crippen LogP contribution in [0.5, 0.6) is 0 Å². The van der Waals surface area contributed by atoms with E-state index in [1.54, 1.807) is 0 Å². The molecule has 7 nitrogen and oxygen atoms in total. The standard InChI is InChI=1S/C18H32N6O/c1-7-19-18(20-12-16-14(4)21-22(6)15(16)5)24-10-8-23(9-11-24)17(25)13(2)3/h13H,7-12H2,1-6H3,(H,19,20). The molecule has 140 valence electrons. The molecule has 1 saturated heterocycles. The van der Waals surface area contributed by atoms with Crippen LogP contribution in [0, 0.1) is 19.8 Å². The van der Waals surface area contributed by atoms with Gasteiger partial charge in [0.25, 0.3) is 0 Å². The highest BCUT2D eigenvalue weighted by molar-refractivity contribution is 5.81. The van der Waals surface area contributed by atoms with Crippen molar-refractivity contribution in [2.75, 3.05) is 32.7 Å². The first-order valence-corrected chi connectivity index (χ1v) is 9.16. The average Bonchev–Trinajstić information content (AvgIpc) is 2.83. The second-order valence-corrected chi connectivity index (χ2v) is 6.91. The van der Waals surface area contributed by atoms with E-state index in [4.69, 9.17) is 4.99 Å². The van der Waals surface area contributed by atoms with Crippen molar-refractivity contribution in [2.24, 2.45) is 18.0 Å². The smallest absolute Gasteiger partial charge is 0.225 e. The summed E-state index contributed by atoms with van der Waals surface area (Å²) in [6.45, 7) is 14.7. The number of aryl methyl sites for hydroxylation is 2. The summed E-state index contributed by atoms with van der Waals surface area (Å²) >= 11 is 0. The van der Waals surface area contributed by atoms with Crippen LogP contribution in [0.1, 0.15) is 37.7 Å². The maximum atomic E-state index is 12.1. The first kappa shape index (κ1) is 19.3. The van der Waals surface area contributed by atoms with Gasteiger partial charge < -0.3 is 15.1 Å². The van der Waals surface area contributed by atoms with Gasteiger partial charge in [0.15, 0.2) is 5.96 Å². The second kappa shape index (κ2) is 8.36. The molecule has 1 aromatic rings. The second-order valence-electron chi connectivity index (χ2n) is 6.91. The zero-order valence-electron chi connectivity index (χ0n) is 16.5. The zero-order valence-corrected chi connectivity index (χ0v) is 16.5. The summed E-state index contributed by atoms with van der Waals surface area (Å²) in [5.74, 6) is 1.22. The lowest BCUT2D eigenvalue weighted by atomic mass is 10.1. The molecule has 0 aromatic carbocycles. The van der Waals surface area contributed by atoms with Gasteiger partial charge in [0.05, 0.1) is 12.2 Å². The van der Waals surface area contributed by atoms with Crippen LogP contribution in [0.15, 0.2) is 4.99 Å². The third-order valence-corrected chi connectivity index (χ3v) is 4.77. The predicted molar refractivity (Wildman–Crippen MR) is 100 cm³/mol.